The van der Waals surface area contributed by atoms with E-state index in [9.17, 15) is 8.78 Å². The average molecular weight is 139 g/mol. The number of rotatable bonds is 0. The van der Waals surface area contributed by atoms with Gasteiger partial charge in [-0.2, -0.15) is 8.78 Å². The van der Waals surface area contributed by atoms with Crippen molar-refractivity contribution in [2.24, 2.45) is 0 Å². The van der Waals surface area contributed by atoms with Gasteiger partial charge in [0, 0.05) is 0 Å². The van der Waals surface area contributed by atoms with Crippen LogP contribution in [0.5, 0.6) is 0 Å². The summed E-state index contributed by atoms with van der Waals surface area (Å²) in [5.41, 5.74) is 0. The molecule has 0 unspecified atom stereocenters. The maximum atomic E-state index is 9.89. The van der Waals surface area contributed by atoms with Crippen molar-refractivity contribution in [3.8, 4) is 0 Å². The molecular weight excluding hydrogens is 128 g/mol. The van der Waals surface area contributed by atoms with Gasteiger partial charge in [-0.15, -0.1) is 0 Å². The van der Waals surface area contributed by atoms with E-state index in [1.54, 1.807) is 0 Å². The van der Waals surface area contributed by atoms with E-state index in [4.69, 9.17) is 5.11 Å². The molecule has 0 spiro atoms. The number of hydrogen-bond acceptors (Lipinski definition) is 2. The van der Waals surface area contributed by atoms with Gasteiger partial charge in [-0.25, -0.2) is 0 Å². The van der Waals surface area contributed by atoms with Crippen LogP contribution < -0.4 is 5.32 Å². The fraction of sp³-hybridized carbons (Fsp3) is 1.00. The van der Waals surface area contributed by atoms with Gasteiger partial charge in [0.1, 0.15) is 0 Å². The van der Waals surface area contributed by atoms with Crippen molar-refractivity contribution in [1.29, 1.82) is 0 Å². The van der Waals surface area contributed by atoms with Gasteiger partial charge >= 0.3 is 6.61 Å². The highest BCUT2D eigenvalue weighted by Crippen LogP contribution is 1.90. The zero-order chi connectivity index (χ0) is 7.11. The van der Waals surface area contributed by atoms with Gasteiger partial charge in [-0.1, -0.05) is 0 Å². The monoisotopic (exact) mass is 139 g/mol. The number of hydrogen-bond donors (Lipinski definition) is 2. The largest absolute Gasteiger partial charge is 0.342 e. The maximum Gasteiger partial charge on any atom is 0.342 e. The van der Waals surface area contributed by atoms with E-state index in [1.807, 2.05) is 0 Å². The fourth-order valence-electron chi connectivity index (χ4n) is 0.625. The molecule has 1 rings (SSSR count). The molecule has 1 aliphatic heterocycles. The standard InChI is InChI=1S/C4H9N.CH2F2O/c1-2-4-5-3-1;2-1(3)4/h5H,1-4H2;1,4H. The van der Waals surface area contributed by atoms with Crippen molar-refractivity contribution in [3.63, 3.8) is 0 Å². The van der Waals surface area contributed by atoms with Crippen molar-refractivity contribution < 1.29 is 13.9 Å². The van der Waals surface area contributed by atoms with E-state index in [-0.39, 0.29) is 0 Å². The lowest BCUT2D eigenvalue weighted by molar-refractivity contribution is -0.0728. The van der Waals surface area contributed by atoms with Gasteiger partial charge in [-0.3, -0.25) is 0 Å². The van der Waals surface area contributed by atoms with Crippen LogP contribution in [0.1, 0.15) is 12.8 Å². The Bertz CT molecular complexity index is 46.6. The first-order valence-corrected chi connectivity index (χ1v) is 2.90. The van der Waals surface area contributed by atoms with E-state index in [1.165, 1.54) is 25.9 Å². The van der Waals surface area contributed by atoms with Gasteiger partial charge in [0.25, 0.3) is 0 Å². The third-order valence-electron chi connectivity index (χ3n) is 0.957. The van der Waals surface area contributed by atoms with Crippen LogP contribution in [0.25, 0.3) is 0 Å². The molecule has 1 fully saturated rings. The van der Waals surface area contributed by atoms with E-state index < -0.39 is 6.61 Å². The van der Waals surface area contributed by atoms with Crippen LogP contribution in [0.4, 0.5) is 8.78 Å². The number of halogens is 2. The van der Waals surface area contributed by atoms with Crippen LogP contribution >= 0.6 is 0 Å². The smallest absolute Gasteiger partial charge is 0.339 e. The topological polar surface area (TPSA) is 32.3 Å². The number of alkyl halides is 2. The zero-order valence-electron chi connectivity index (χ0n) is 5.11. The molecule has 2 N–H and O–H groups in total. The average Bonchev–Trinajstić information content (AvgIpc) is 2.11. The Morgan fingerprint density at radius 3 is 1.67 bits per heavy atom. The zero-order valence-corrected chi connectivity index (χ0v) is 5.11. The van der Waals surface area contributed by atoms with E-state index in [0.29, 0.717) is 0 Å². The van der Waals surface area contributed by atoms with E-state index in [0.717, 1.165) is 0 Å². The molecule has 0 atom stereocenters. The van der Waals surface area contributed by atoms with Gasteiger partial charge in [0.15, 0.2) is 0 Å². The molecule has 0 saturated carbocycles. The van der Waals surface area contributed by atoms with Crippen LogP contribution in [0.15, 0.2) is 0 Å². The second-order valence-corrected chi connectivity index (χ2v) is 1.73. The third-order valence-corrected chi connectivity index (χ3v) is 0.957. The molecule has 0 bridgehead atoms. The summed E-state index contributed by atoms with van der Waals surface area (Å²) < 4.78 is 19.8. The Balaban J connectivity index is 0.000000148. The lowest BCUT2D eigenvalue weighted by Gasteiger charge is -1.76. The minimum atomic E-state index is -3.17. The third kappa shape index (κ3) is 11.4. The Morgan fingerprint density at radius 2 is 1.56 bits per heavy atom. The first-order chi connectivity index (χ1) is 4.23. The Labute approximate surface area is 52.9 Å². The quantitative estimate of drug-likeness (QED) is 0.514. The minimum absolute atomic E-state index is 1.25. The Morgan fingerprint density at radius 1 is 1.22 bits per heavy atom. The van der Waals surface area contributed by atoms with Crippen LogP contribution in [-0.4, -0.2) is 24.8 Å². The molecule has 9 heavy (non-hydrogen) atoms. The fourth-order valence-corrected chi connectivity index (χ4v) is 0.625. The molecule has 0 aromatic carbocycles. The second kappa shape index (κ2) is 5.91. The van der Waals surface area contributed by atoms with Crippen molar-refractivity contribution >= 4 is 0 Å². The van der Waals surface area contributed by atoms with E-state index >= 15 is 0 Å². The van der Waals surface area contributed by atoms with Crippen LogP contribution in [0.2, 0.25) is 0 Å². The molecule has 0 radical (unpaired) electrons. The lowest BCUT2D eigenvalue weighted by atomic mass is 10.4. The maximum absolute atomic E-state index is 9.89. The predicted octanol–water partition coefficient (Wildman–Crippen LogP) is 0.571. The minimum Gasteiger partial charge on any atom is -0.339 e. The molecule has 4 heteroatoms. The highest BCUT2D eigenvalue weighted by molar-refractivity contribution is 4.55. The molecular formula is C5H11F2NO. The summed E-state index contributed by atoms with van der Waals surface area (Å²) in [7, 11) is 0. The summed E-state index contributed by atoms with van der Waals surface area (Å²) >= 11 is 0. The summed E-state index contributed by atoms with van der Waals surface area (Å²) in [5.74, 6) is 0. The highest BCUT2D eigenvalue weighted by Gasteiger charge is 1.93. The number of aliphatic hydroxyl groups excluding tert-OH is 1. The van der Waals surface area contributed by atoms with Gasteiger partial charge in [0.2, 0.25) is 0 Å². The Hall–Kier alpha value is -0.220. The van der Waals surface area contributed by atoms with Crippen molar-refractivity contribution in [3.05, 3.63) is 0 Å². The molecule has 0 aromatic heterocycles. The SMILES string of the molecule is C1CCNC1.OC(F)F. The van der Waals surface area contributed by atoms with Crippen molar-refractivity contribution in [2.75, 3.05) is 13.1 Å². The van der Waals surface area contributed by atoms with Crippen molar-refractivity contribution in [1.82, 2.24) is 5.32 Å². The first-order valence-electron chi connectivity index (χ1n) is 2.90. The predicted molar refractivity (Wildman–Crippen MR) is 30.3 cm³/mol. The number of nitrogens with one attached hydrogen (secondary N) is 1. The summed E-state index contributed by atoms with van der Waals surface area (Å²) in [4.78, 5) is 0. The van der Waals surface area contributed by atoms with Gasteiger partial charge in [-0.05, 0) is 25.9 Å². The van der Waals surface area contributed by atoms with Crippen LogP contribution in [-0.2, 0) is 0 Å². The molecule has 2 nitrogen and oxygen atoms in total. The van der Waals surface area contributed by atoms with Crippen LogP contribution in [0, 0.1) is 0 Å². The number of aliphatic hydroxyl groups is 1. The second-order valence-electron chi connectivity index (χ2n) is 1.73. The highest BCUT2D eigenvalue weighted by atomic mass is 19.3. The van der Waals surface area contributed by atoms with Crippen LogP contribution in [0.3, 0.4) is 0 Å². The van der Waals surface area contributed by atoms with E-state index in [2.05, 4.69) is 5.32 Å². The van der Waals surface area contributed by atoms with Gasteiger partial charge in [0.05, 0.1) is 0 Å². The normalized spacial score (nSPS) is 17.3. The summed E-state index contributed by atoms with van der Waals surface area (Å²) in [6.07, 6.45) is 2.78. The molecule has 56 valence electrons. The molecule has 1 aliphatic rings. The summed E-state index contributed by atoms with van der Waals surface area (Å²) in [5, 5.41) is 9.94. The molecule has 1 saturated heterocycles. The molecule has 0 amide bonds. The van der Waals surface area contributed by atoms with Crippen molar-refractivity contribution in [2.45, 2.75) is 19.5 Å². The summed E-state index contributed by atoms with van der Waals surface area (Å²) in [6.45, 7) is -0.667. The molecule has 1 heterocycles. The molecule has 0 aliphatic carbocycles. The molecule has 0 aromatic rings. The Kier molecular flexibility index (Phi) is 5.76. The summed E-state index contributed by atoms with van der Waals surface area (Å²) in [6, 6.07) is 0. The lowest BCUT2D eigenvalue weighted by Crippen LogP contribution is -2.03. The van der Waals surface area contributed by atoms with Gasteiger partial charge < -0.3 is 10.4 Å². The first kappa shape index (κ1) is 8.78.